The summed E-state index contributed by atoms with van der Waals surface area (Å²) in [6.07, 6.45) is 4.32. The largest absolute Gasteiger partial charge is 0.465 e. The topological polar surface area (TPSA) is 97.3 Å². The van der Waals surface area contributed by atoms with Crippen LogP contribution in [0, 0.1) is 3.57 Å². The van der Waals surface area contributed by atoms with Crippen LogP contribution in [-0.2, 0) is 6.54 Å². The molecule has 2 aromatic heterocycles. The summed E-state index contributed by atoms with van der Waals surface area (Å²) < 4.78 is 2.96. The molecule has 1 atom stereocenters. The SMILES string of the molecule is Nc1ncnc2c1c(I)cn2C[C@H]1CCCN1C(=O)O. The fourth-order valence-electron chi connectivity index (χ4n) is 2.74. The third-order valence-corrected chi connectivity index (χ3v) is 4.48. The number of rotatable bonds is 2. The number of nitrogen functional groups attached to an aromatic ring is 1. The molecule has 1 aliphatic rings. The Hall–Kier alpha value is -1.58. The summed E-state index contributed by atoms with van der Waals surface area (Å²) in [6.45, 7) is 1.20. The molecule has 1 fully saturated rings. The molecule has 3 rings (SSSR count). The van der Waals surface area contributed by atoms with E-state index in [0.29, 0.717) is 18.9 Å². The van der Waals surface area contributed by atoms with Crippen LogP contribution in [0.3, 0.4) is 0 Å². The van der Waals surface area contributed by atoms with Gasteiger partial charge in [0.15, 0.2) is 0 Å². The van der Waals surface area contributed by atoms with Crippen molar-refractivity contribution >= 4 is 45.5 Å². The Kier molecular flexibility index (Phi) is 3.40. The van der Waals surface area contributed by atoms with Crippen LogP contribution in [0.5, 0.6) is 0 Å². The van der Waals surface area contributed by atoms with E-state index in [-0.39, 0.29) is 6.04 Å². The van der Waals surface area contributed by atoms with E-state index >= 15 is 0 Å². The van der Waals surface area contributed by atoms with Crippen LogP contribution < -0.4 is 5.73 Å². The number of amides is 1. The zero-order chi connectivity index (χ0) is 14.3. The molecule has 1 amide bonds. The first-order valence-electron chi connectivity index (χ1n) is 6.32. The summed E-state index contributed by atoms with van der Waals surface area (Å²) in [5.74, 6) is 0.458. The fourth-order valence-corrected chi connectivity index (χ4v) is 3.60. The summed E-state index contributed by atoms with van der Waals surface area (Å²) in [4.78, 5) is 21.0. The molecule has 1 aliphatic heterocycles. The molecule has 3 heterocycles. The summed E-state index contributed by atoms with van der Waals surface area (Å²) in [6, 6.07) is -0.00455. The highest BCUT2D eigenvalue weighted by Gasteiger charge is 2.29. The maximum absolute atomic E-state index is 11.2. The summed E-state index contributed by atoms with van der Waals surface area (Å²) in [5.41, 5.74) is 6.64. The first-order valence-corrected chi connectivity index (χ1v) is 7.40. The maximum atomic E-state index is 11.2. The van der Waals surface area contributed by atoms with E-state index in [4.69, 9.17) is 5.73 Å². The van der Waals surface area contributed by atoms with Gasteiger partial charge in [0.25, 0.3) is 0 Å². The molecule has 0 aliphatic carbocycles. The number of likely N-dealkylation sites (tertiary alicyclic amines) is 1. The monoisotopic (exact) mass is 387 g/mol. The van der Waals surface area contributed by atoms with Gasteiger partial charge in [0, 0.05) is 22.9 Å². The molecule has 3 N–H and O–H groups in total. The summed E-state index contributed by atoms with van der Waals surface area (Å²) in [5, 5.41) is 10.0. The van der Waals surface area contributed by atoms with Gasteiger partial charge in [0.1, 0.15) is 17.8 Å². The number of nitrogens with two attached hydrogens (primary N) is 1. The Balaban J connectivity index is 1.96. The Morgan fingerprint density at radius 2 is 2.35 bits per heavy atom. The lowest BCUT2D eigenvalue weighted by atomic mass is 10.2. The first kappa shape index (κ1) is 13.4. The Morgan fingerprint density at radius 3 is 3.10 bits per heavy atom. The number of aromatic nitrogens is 3. The van der Waals surface area contributed by atoms with Crippen molar-refractivity contribution in [2.45, 2.75) is 25.4 Å². The van der Waals surface area contributed by atoms with E-state index in [1.807, 2.05) is 10.8 Å². The van der Waals surface area contributed by atoms with E-state index in [1.54, 1.807) is 0 Å². The average molecular weight is 387 g/mol. The molecule has 1 saturated heterocycles. The van der Waals surface area contributed by atoms with Gasteiger partial charge in [-0.1, -0.05) is 0 Å². The van der Waals surface area contributed by atoms with Gasteiger partial charge in [-0.25, -0.2) is 14.8 Å². The molecular formula is C12H14IN5O2. The molecule has 2 aromatic rings. The van der Waals surface area contributed by atoms with E-state index in [1.165, 1.54) is 11.2 Å². The minimum absolute atomic E-state index is 0.00455. The van der Waals surface area contributed by atoms with E-state index in [2.05, 4.69) is 32.6 Å². The van der Waals surface area contributed by atoms with Gasteiger partial charge in [0.05, 0.1) is 11.4 Å². The zero-order valence-corrected chi connectivity index (χ0v) is 12.8. The normalized spacial score (nSPS) is 18.9. The van der Waals surface area contributed by atoms with Crippen molar-refractivity contribution in [1.82, 2.24) is 19.4 Å². The van der Waals surface area contributed by atoms with E-state index in [9.17, 15) is 9.90 Å². The fraction of sp³-hybridized carbons (Fsp3) is 0.417. The van der Waals surface area contributed by atoms with Crippen molar-refractivity contribution in [3.8, 4) is 0 Å². The molecule has 7 nitrogen and oxygen atoms in total. The van der Waals surface area contributed by atoms with Crippen LogP contribution in [0.15, 0.2) is 12.5 Å². The van der Waals surface area contributed by atoms with Crippen LogP contribution >= 0.6 is 22.6 Å². The van der Waals surface area contributed by atoms with E-state index < -0.39 is 6.09 Å². The number of fused-ring (bicyclic) bond motifs is 1. The molecule has 0 bridgehead atoms. The van der Waals surface area contributed by atoms with Crippen LogP contribution in [0.4, 0.5) is 10.6 Å². The van der Waals surface area contributed by atoms with Gasteiger partial charge in [-0.2, -0.15) is 0 Å². The van der Waals surface area contributed by atoms with Gasteiger partial charge in [0.2, 0.25) is 0 Å². The first-order chi connectivity index (χ1) is 9.58. The number of nitrogens with zero attached hydrogens (tertiary/aromatic N) is 4. The molecule has 0 radical (unpaired) electrons. The van der Waals surface area contributed by atoms with Crippen LogP contribution in [-0.4, -0.2) is 43.2 Å². The zero-order valence-electron chi connectivity index (χ0n) is 10.7. The highest BCUT2D eigenvalue weighted by Crippen LogP contribution is 2.27. The van der Waals surface area contributed by atoms with Crippen molar-refractivity contribution in [3.05, 3.63) is 16.1 Å². The van der Waals surface area contributed by atoms with Gasteiger partial charge in [-0.05, 0) is 35.4 Å². The molecular weight excluding hydrogens is 373 g/mol. The number of carbonyl (C=O) groups is 1. The quantitative estimate of drug-likeness (QED) is 0.766. The second-order valence-electron chi connectivity index (χ2n) is 4.86. The third kappa shape index (κ3) is 2.17. The number of anilines is 1. The number of carboxylic acid groups (broad SMARTS) is 1. The smallest absolute Gasteiger partial charge is 0.407 e. The van der Waals surface area contributed by atoms with Crippen molar-refractivity contribution in [2.24, 2.45) is 0 Å². The second-order valence-corrected chi connectivity index (χ2v) is 6.02. The number of hydrogen-bond donors (Lipinski definition) is 2. The van der Waals surface area contributed by atoms with Gasteiger partial charge >= 0.3 is 6.09 Å². The predicted octanol–water partition coefficient (Wildman–Crippen LogP) is 1.76. The molecule has 0 saturated carbocycles. The molecule has 106 valence electrons. The Bertz CT molecular complexity index is 671. The lowest BCUT2D eigenvalue weighted by Gasteiger charge is -2.22. The summed E-state index contributed by atoms with van der Waals surface area (Å²) >= 11 is 2.20. The molecule has 0 unspecified atom stereocenters. The lowest BCUT2D eigenvalue weighted by Crippen LogP contribution is -2.36. The molecule has 0 aromatic carbocycles. The van der Waals surface area contributed by atoms with E-state index in [0.717, 1.165) is 27.4 Å². The summed E-state index contributed by atoms with van der Waals surface area (Å²) in [7, 11) is 0. The standard InChI is InChI=1S/C12H14IN5O2/c13-8-5-17(11-9(8)10(14)15-6-16-11)4-7-2-1-3-18(7)12(19)20/h5-7H,1-4H2,(H,19,20)(H2,14,15,16)/t7-/m1/s1. The maximum Gasteiger partial charge on any atom is 0.407 e. The van der Waals surface area contributed by atoms with Crippen molar-refractivity contribution in [1.29, 1.82) is 0 Å². The Morgan fingerprint density at radius 1 is 1.55 bits per heavy atom. The molecule has 20 heavy (non-hydrogen) atoms. The van der Waals surface area contributed by atoms with Gasteiger partial charge in [-0.3, -0.25) is 0 Å². The van der Waals surface area contributed by atoms with Gasteiger partial charge < -0.3 is 20.3 Å². The van der Waals surface area contributed by atoms with Crippen LogP contribution in [0.2, 0.25) is 0 Å². The average Bonchev–Trinajstić information content (AvgIpc) is 2.97. The second kappa shape index (κ2) is 5.08. The predicted molar refractivity (Wildman–Crippen MR) is 82.4 cm³/mol. The highest BCUT2D eigenvalue weighted by molar-refractivity contribution is 14.1. The van der Waals surface area contributed by atoms with Gasteiger partial charge in [-0.15, -0.1) is 0 Å². The van der Waals surface area contributed by atoms with Crippen LogP contribution in [0.1, 0.15) is 12.8 Å². The lowest BCUT2D eigenvalue weighted by molar-refractivity contribution is 0.136. The van der Waals surface area contributed by atoms with Crippen molar-refractivity contribution < 1.29 is 9.90 Å². The minimum Gasteiger partial charge on any atom is -0.465 e. The number of halogens is 1. The third-order valence-electron chi connectivity index (χ3n) is 3.67. The highest BCUT2D eigenvalue weighted by atomic mass is 127. The minimum atomic E-state index is -0.854. The van der Waals surface area contributed by atoms with Crippen molar-refractivity contribution in [3.63, 3.8) is 0 Å². The number of hydrogen-bond acceptors (Lipinski definition) is 4. The molecule has 8 heteroatoms. The van der Waals surface area contributed by atoms with Crippen LogP contribution in [0.25, 0.3) is 11.0 Å². The molecule has 0 spiro atoms. The van der Waals surface area contributed by atoms with Crippen molar-refractivity contribution in [2.75, 3.05) is 12.3 Å². The Labute approximate surface area is 128 Å².